The van der Waals surface area contributed by atoms with E-state index in [-0.39, 0.29) is 11.5 Å². The Morgan fingerprint density at radius 2 is 1.73 bits per heavy atom. The number of esters is 1. The van der Waals surface area contributed by atoms with Crippen LogP contribution in [-0.2, 0) is 27.9 Å². The molecule has 0 saturated carbocycles. The normalized spacial score (nSPS) is 17.6. The van der Waals surface area contributed by atoms with Crippen molar-refractivity contribution in [1.29, 1.82) is 0 Å². The lowest BCUT2D eigenvalue weighted by atomic mass is 10.1. The Morgan fingerprint density at radius 1 is 1.11 bits per heavy atom. The van der Waals surface area contributed by atoms with Crippen LogP contribution < -0.4 is 15.4 Å². The summed E-state index contributed by atoms with van der Waals surface area (Å²) in [5, 5.41) is 7.12. The molecule has 0 aromatic carbocycles. The molecule has 14 heteroatoms. The molecule has 202 valence electrons. The van der Waals surface area contributed by atoms with E-state index in [0.29, 0.717) is 36.6 Å². The number of carboxylic acid groups (broad SMARTS) is 1. The summed E-state index contributed by atoms with van der Waals surface area (Å²) in [6, 6.07) is -0.430. The monoisotopic (exact) mass is 526 g/mol. The van der Waals surface area contributed by atoms with Gasteiger partial charge < -0.3 is 19.6 Å². The van der Waals surface area contributed by atoms with Crippen LogP contribution in [0.25, 0.3) is 11.2 Å². The van der Waals surface area contributed by atoms with Crippen molar-refractivity contribution in [3.63, 3.8) is 0 Å². The molecule has 4 heterocycles. The highest BCUT2D eigenvalue weighted by Gasteiger charge is 2.38. The summed E-state index contributed by atoms with van der Waals surface area (Å²) in [5.41, 5.74) is 0.680. The predicted molar refractivity (Wildman–Crippen MR) is 128 cm³/mol. The fraction of sp³-hybridized carbons (Fsp3) is 0.609. The van der Waals surface area contributed by atoms with E-state index >= 15 is 0 Å². The second-order valence-electron chi connectivity index (χ2n) is 8.60. The van der Waals surface area contributed by atoms with Gasteiger partial charge in [-0.15, -0.1) is 5.92 Å². The number of piperidine rings is 1. The maximum atomic E-state index is 13.4. The van der Waals surface area contributed by atoms with E-state index in [1.165, 1.54) is 18.1 Å². The molecule has 2 saturated heterocycles. The third-order valence-electron chi connectivity index (χ3n) is 6.22. The van der Waals surface area contributed by atoms with E-state index in [0.717, 1.165) is 38.3 Å². The summed E-state index contributed by atoms with van der Waals surface area (Å²) in [4.78, 5) is 48.1. The van der Waals surface area contributed by atoms with Crippen molar-refractivity contribution >= 4 is 35.0 Å². The first-order valence-corrected chi connectivity index (χ1v) is 11.8. The number of anilines is 2. The third kappa shape index (κ3) is 5.98. The van der Waals surface area contributed by atoms with E-state index in [4.69, 9.17) is 24.6 Å². The van der Waals surface area contributed by atoms with E-state index in [2.05, 4.69) is 16.7 Å². The number of imidazole rings is 1. The maximum Gasteiger partial charge on any atom is 0.490 e. The first-order valence-electron chi connectivity index (χ1n) is 11.8. The van der Waals surface area contributed by atoms with Gasteiger partial charge >= 0.3 is 18.1 Å². The van der Waals surface area contributed by atoms with Crippen LogP contribution in [0.1, 0.15) is 39.0 Å². The van der Waals surface area contributed by atoms with Gasteiger partial charge in [0, 0.05) is 26.7 Å². The van der Waals surface area contributed by atoms with E-state index in [1.807, 2.05) is 9.47 Å². The highest BCUT2D eigenvalue weighted by Crippen LogP contribution is 2.27. The number of carbonyl (C=O) groups is 2. The number of aliphatic carboxylic acids is 1. The Bertz CT molecular complexity index is 1270. The maximum absolute atomic E-state index is 13.4. The number of halogens is 3. The van der Waals surface area contributed by atoms with Gasteiger partial charge in [-0.1, -0.05) is 5.92 Å². The fourth-order valence-electron chi connectivity index (χ4n) is 4.42. The summed E-state index contributed by atoms with van der Waals surface area (Å²) in [5.74, 6) is 4.12. The lowest BCUT2D eigenvalue weighted by Gasteiger charge is -2.27. The zero-order valence-corrected chi connectivity index (χ0v) is 20.8. The molecule has 2 aliphatic rings. The van der Waals surface area contributed by atoms with Crippen LogP contribution in [-0.4, -0.2) is 75.1 Å². The summed E-state index contributed by atoms with van der Waals surface area (Å²) in [6.07, 6.45) is -0.144. The number of alkyl halides is 3. The van der Waals surface area contributed by atoms with E-state index in [9.17, 15) is 22.8 Å². The molecule has 37 heavy (non-hydrogen) atoms. The number of carbonyl (C=O) groups excluding carboxylic acids is 1. The summed E-state index contributed by atoms with van der Waals surface area (Å²) in [6.45, 7) is 4.64. The highest BCUT2D eigenvalue weighted by molar-refractivity contribution is 5.81. The van der Waals surface area contributed by atoms with Crippen LogP contribution in [0.5, 0.6) is 0 Å². The van der Waals surface area contributed by atoms with Gasteiger partial charge in [0.05, 0.1) is 13.7 Å². The number of hydrogen-bond donors (Lipinski definition) is 1. The number of rotatable bonds is 4. The Balaban J connectivity index is 0.000000479. The van der Waals surface area contributed by atoms with Gasteiger partial charge in [-0.2, -0.15) is 23.1 Å². The minimum absolute atomic E-state index is 0.181. The van der Waals surface area contributed by atoms with Gasteiger partial charge in [-0.3, -0.25) is 13.9 Å². The lowest BCUT2D eigenvalue weighted by Crippen LogP contribution is -2.40. The predicted octanol–water partition coefficient (Wildman–Crippen LogP) is 1.92. The molecule has 4 rings (SSSR count). The first kappa shape index (κ1) is 27.8. The van der Waals surface area contributed by atoms with Crippen LogP contribution in [0.4, 0.5) is 25.1 Å². The fourth-order valence-corrected chi connectivity index (χ4v) is 4.42. The Hall–Kier alpha value is -3.76. The topological polar surface area (TPSA) is 123 Å². The molecule has 2 aromatic rings. The first-order chi connectivity index (χ1) is 17.5. The average Bonchev–Trinajstić information content (AvgIpc) is 3.50. The molecule has 2 aliphatic heterocycles. The second kappa shape index (κ2) is 11.5. The van der Waals surface area contributed by atoms with Gasteiger partial charge in [-0.25, -0.2) is 9.59 Å². The van der Waals surface area contributed by atoms with Crippen molar-refractivity contribution in [2.75, 3.05) is 36.5 Å². The Morgan fingerprint density at radius 3 is 2.30 bits per heavy atom. The molecular weight excluding hydrogens is 497 g/mol. The standard InChI is InChI=1S/C21H28N6O3.C2HF3O2/c1-4-5-13-27-16-17(23-21(27)25-11-7-6-8-12-25)22-20(24(2)18(16)28)26-14-9-10-15(26)19(29)30-3;3-2(4,5)1(6)7/h15H,6-14H2,1-3H3;(H,6,7)/t15-;/m0./s1. The molecule has 0 unspecified atom stereocenters. The molecule has 0 radical (unpaired) electrons. The van der Waals surface area contributed by atoms with Crippen molar-refractivity contribution in [3.05, 3.63) is 10.4 Å². The zero-order chi connectivity index (χ0) is 27.3. The minimum atomic E-state index is -5.08. The number of aromatic nitrogens is 4. The summed E-state index contributed by atoms with van der Waals surface area (Å²) < 4.78 is 40.1. The SMILES string of the molecule is CC#CCn1c(N2CCCCC2)nc2nc(N3CCC[C@H]3C(=O)OC)n(C)c(=O)c21.O=C(O)C(F)(F)F. The van der Waals surface area contributed by atoms with Crippen molar-refractivity contribution in [2.45, 2.75) is 57.8 Å². The van der Waals surface area contributed by atoms with Crippen LogP contribution in [0.15, 0.2) is 4.79 Å². The van der Waals surface area contributed by atoms with Crippen LogP contribution in [0.2, 0.25) is 0 Å². The number of nitrogens with zero attached hydrogens (tertiary/aromatic N) is 6. The molecule has 1 atom stereocenters. The van der Waals surface area contributed by atoms with Crippen LogP contribution in [0.3, 0.4) is 0 Å². The third-order valence-corrected chi connectivity index (χ3v) is 6.22. The minimum Gasteiger partial charge on any atom is -0.475 e. The molecule has 2 aromatic heterocycles. The molecule has 2 fully saturated rings. The van der Waals surface area contributed by atoms with Crippen LogP contribution >= 0.6 is 0 Å². The number of methoxy groups -OCH3 is 1. The Labute approximate surface area is 210 Å². The molecule has 0 aliphatic carbocycles. The molecule has 11 nitrogen and oxygen atoms in total. The molecular formula is C23H29F3N6O5. The van der Waals surface area contributed by atoms with Crippen molar-refractivity contribution in [1.82, 2.24) is 19.1 Å². The van der Waals surface area contributed by atoms with Crippen molar-refractivity contribution < 1.29 is 32.6 Å². The van der Waals surface area contributed by atoms with E-state index < -0.39 is 18.2 Å². The van der Waals surface area contributed by atoms with Gasteiger partial charge in [0.25, 0.3) is 5.56 Å². The summed E-state index contributed by atoms with van der Waals surface area (Å²) >= 11 is 0. The Kier molecular flexibility index (Phi) is 8.67. The van der Waals surface area contributed by atoms with Crippen molar-refractivity contribution in [2.24, 2.45) is 7.05 Å². The van der Waals surface area contributed by atoms with E-state index in [1.54, 1.807) is 14.0 Å². The smallest absolute Gasteiger partial charge is 0.475 e. The van der Waals surface area contributed by atoms with Gasteiger partial charge in [0.1, 0.15) is 6.04 Å². The number of hydrogen-bond acceptors (Lipinski definition) is 8. The average molecular weight is 527 g/mol. The highest BCUT2D eigenvalue weighted by atomic mass is 19.4. The quantitative estimate of drug-likeness (QED) is 0.470. The van der Waals surface area contributed by atoms with Gasteiger partial charge in [-0.05, 0) is 39.0 Å². The number of fused-ring (bicyclic) bond motifs is 1. The molecule has 1 N–H and O–H groups in total. The number of carboxylic acids is 1. The van der Waals surface area contributed by atoms with Crippen molar-refractivity contribution in [3.8, 4) is 11.8 Å². The summed E-state index contributed by atoms with van der Waals surface area (Å²) in [7, 11) is 3.08. The van der Waals surface area contributed by atoms with Gasteiger partial charge in [0.15, 0.2) is 11.2 Å². The molecule has 0 amide bonds. The second-order valence-corrected chi connectivity index (χ2v) is 8.60. The largest absolute Gasteiger partial charge is 0.490 e. The number of ether oxygens (including phenoxy) is 1. The zero-order valence-electron chi connectivity index (χ0n) is 20.8. The molecule has 0 spiro atoms. The van der Waals surface area contributed by atoms with Gasteiger partial charge in [0.2, 0.25) is 11.9 Å². The lowest BCUT2D eigenvalue weighted by molar-refractivity contribution is -0.192. The molecule has 0 bridgehead atoms. The van der Waals surface area contributed by atoms with Crippen LogP contribution in [0, 0.1) is 11.8 Å².